The maximum absolute atomic E-state index is 10.7. The van der Waals surface area contributed by atoms with Gasteiger partial charge in [-0.05, 0) is 6.92 Å². The molecule has 0 amide bonds. The molecule has 1 heterocycles. The maximum Gasteiger partial charge on any atom is 0.311 e. The standard InChI is InChI=1S/C7H9NO3/c1-5-3-6(8-11-5)4-7(9)10-2/h3H,4H2,1-2H3. The monoisotopic (exact) mass is 155 g/mol. The molecule has 0 aliphatic carbocycles. The summed E-state index contributed by atoms with van der Waals surface area (Å²) >= 11 is 0. The number of aryl methyl sites for hydroxylation is 1. The Labute approximate surface area is 64.1 Å². The lowest BCUT2D eigenvalue weighted by Gasteiger charge is -1.91. The summed E-state index contributed by atoms with van der Waals surface area (Å²) in [7, 11) is 1.34. The number of ether oxygens (including phenoxy) is 1. The van der Waals surface area contributed by atoms with Gasteiger partial charge < -0.3 is 9.26 Å². The Hall–Kier alpha value is -1.32. The van der Waals surface area contributed by atoms with Gasteiger partial charge in [-0.15, -0.1) is 0 Å². The zero-order valence-electron chi connectivity index (χ0n) is 6.46. The van der Waals surface area contributed by atoms with Crippen molar-refractivity contribution in [3.63, 3.8) is 0 Å². The molecule has 0 atom stereocenters. The van der Waals surface area contributed by atoms with Gasteiger partial charge in [0.25, 0.3) is 0 Å². The average molecular weight is 155 g/mol. The lowest BCUT2D eigenvalue weighted by molar-refractivity contribution is -0.139. The Balaban J connectivity index is 2.57. The van der Waals surface area contributed by atoms with Crippen LogP contribution in [0, 0.1) is 6.92 Å². The molecule has 0 saturated heterocycles. The summed E-state index contributed by atoms with van der Waals surface area (Å²) < 4.78 is 9.19. The van der Waals surface area contributed by atoms with Crippen LogP contribution in [0.15, 0.2) is 10.6 Å². The largest absolute Gasteiger partial charge is 0.469 e. The van der Waals surface area contributed by atoms with E-state index in [1.165, 1.54) is 7.11 Å². The Morgan fingerprint density at radius 3 is 3.00 bits per heavy atom. The van der Waals surface area contributed by atoms with Crippen molar-refractivity contribution < 1.29 is 14.1 Å². The molecule has 0 unspecified atom stereocenters. The van der Waals surface area contributed by atoms with Crippen molar-refractivity contribution >= 4 is 5.97 Å². The van der Waals surface area contributed by atoms with Crippen molar-refractivity contribution in [3.05, 3.63) is 17.5 Å². The molecule has 4 heteroatoms. The highest BCUT2D eigenvalue weighted by Crippen LogP contribution is 2.02. The number of esters is 1. The Bertz CT molecular complexity index is 254. The zero-order valence-corrected chi connectivity index (χ0v) is 6.46. The van der Waals surface area contributed by atoms with Crippen LogP contribution in [0.5, 0.6) is 0 Å². The Morgan fingerprint density at radius 2 is 2.55 bits per heavy atom. The van der Waals surface area contributed by atoms with Gasteiger partial charge in [0.15, 0.2) is 0 Å². The van der Waals surface area contributed by atoms with Crippen molar-refractivity contribution in [1.82, 2.24) is 5.16 Å². The predicted molar refractivity (Wildman–Crippen MR) is 37.0 cm³/mol. The van der Waals surface area contributed by atoms with Crippen LogP contribution in [0.2, 0.25) is 0 Å². The van der Waals surface area contributed by atoms with E-state index in [0.29, 0.717) is 11.5 Å². The van der Waals surface area contributed by atoms with Gasteiger partial charge in [-0.25, -0.2) is 0 Å². The summed E-state index contributed by atoms with van der Waals surface area (Å²) in [5, 5.41) is 3.63. The summed E-state index contributed by atoms with van der Waals surface area (Å²) in [4.78, 5) is 10.7. The number of hydrogen-bond donors (Lipinski definition) is 0. The third-order valence-corrected chi connectivity index (χ3v) is 1.23. The fourth-order valence-corrected chi connectivity index (χ4v) is 0.721. The van der Waals surface area contributed by atoms with Gasteiger partial charge in [0.1, 0.15) is 5.76 Å². The van der Waals surface area contributed by atoms with E-state index in [0.717, 1.165) is 0 Å². The Kier molecular flexibility index (Phi) is 2.25. The van der Waals surface area contributed by atoms with E-state index in [4.69, 9.17) is 4.52 Å². The Morgan fingerprint density at radius 1 is 1.82 bits per heavy atom. The van der Waals surface area contributed by atoms with Gasteiger partial charge in [-0.3, -0.25) is 4.79 Å². The van der Waals surface area contributed by atoms with E-state index < -0.39 is 0 Å². The summed E-state index contributed by atoms with van der Waals surface area (Å²) in [5.41, 5.74) is 0.606. The second-order valence-electron chi connectivity index (χ2n) is 2.18. The van der Waals surface area contributed by atoms with Gasteiger partial charge in [-0.2, -0.15) is 0 Å². The molecule has 0 N–H and O–H groups in total. The van der Waals surface area contributed by atoms with Crippen molar-refractivity contribution in [2.24, 2.45) is 0 Å². The number of carbonyl (C=O) groups is 1. The summed E-state index contributed by atoms with van der Waals surface area (Å²) in [6.07, 6.45) is 0.174. The molecule has 60 valence electrons. The maximum atomic E-state index is 10.7. The van der Waals surface area contributed by atoms with Crippen LogP contribution < -0.4 is 0 Å². The topological polar surface area (TPSA) is 52.3 Å². The minimum absolute atomic E-state index is 0.174. The molecule has 0 aliphatic heterocycles. The van der Waals surface area contributed by atoms with Crippen molar-refractivity contribution in [1.29, 1.82) is 0 Å². The minimum Gasteiger partial charge on any atom is -0.469 e. The zero-order chi connectivity index (χ0) is 8.27. The first kappa shape index (κ1) is 7.78. The molecule has 0 spiro atoms. The fraction of sp³-hybridized carbons (Fsp3) is 0.429. The van der Waals surface area contributed by atoms with Gasteiger partial charge in [0.2, 0.25) is 0 Å². The molecule has 0 aromatic carbocycles. The third kappa shape index (κ3) is 2.07. The first-order chi connectivity index (χ1) is 5.22. The molecule has 0 saturated carbocycles. The third-order valence-electron chi connectivity index (χ3n) is 1.23. The van der Waals surface area contributed by atoms with Crippen LogP contribution in [0.25, 0.3) is 0 Å². The molecule has 0 radical (unpaired) electrons. The van der Waals surface area contributed by atoms with Gasteiger partial charge in [-0.1, -0.05) is 5.16 Å². The van der Waals surface area contributed by atoms with Gasteiger partial charge in [0, 0.05) is 6.07 Å². The highest BCUT2D eigenvalue weighted by Gasteiger charge is 2.06. The number of methoxy groups -OCH3 is 1. The molecular formula is C7H9NO3. The molecule has 4 nitrogen and oxygen atoms in total. The van der Waals surface area contributed by atoms with E-state index >= 15 is 0 Å². The van der Waals surface area contributed by atoms with Crippen LogP contribution in [-0.2, 0) is 16.0 Å². The number of carbonyl (C=O) groups excluding carboxylic acids is 1. The quantitative estimate of drug-likeness (QED) is 0.590. The molecule has 0 bridgehead atoms. The fourth-order valence-electron chi connectivity index (χ4n) is 0.721. The van der Waals surface area contributed by atoms with Crippen LogP contribution >= 0.6 is 0 Å². The summed E-state index contributed by atoms with van der Waals surface area (Å²) in [6, 6.07) is 1.71. The normalized spacial score (nSPS) is 9.64. The first-order valence-electron chi connectivity index (χ1n) is 3.21. The molecule has 1 aromatic heterocycles. The van der Waals surface area contributed by atoms with Gasteiger partial charge in [0.05, 0.1) is 19.2 Å². The van der Waals surface area contributed by atoms with E-state index in [9.17, 15) is 4.79 Å². The molecule has 0 fully saturated rings. The minimum atomic E-state index is -0.307. The molecule has 11 heavy (non-hydrogen) atoms. The molecule has 0 aliphatic rings. The van der Waals surface area contributed by atoms with Crippen LogP contribution in [0.4, 0.5) is 0 Å². The van der Waals surface area contributed by atoms with Gasteiger partial charge >= 0.3 is 5.97 Å². The summed E-state index contributed by atoms with van der Waals surface area (Å²) in [6.45, 7) is 1.77. The van der Waals surface area contributed by atoms with E-state index in [2.05, 4.69) is 9.89 Å². The number of aromatic nitrogens is 1. The van der Waals surface area contributed by atoms with Crippen molar-refractivity contribution in [2.75, 3.05) is 7.11 Å². The first-order valence-corrected chi connectivity index (χ1v) is 3.21. The number of hydrogen-bond acceptors (Lipinski definition) is 4. The lowest BCUT2D eigenvalue weighted by atomic mass is 10.3. The average Bonchev–Trinajstić information content (AvgIpc) is 2.35. The molecule has 1 aromatic rings. The van der Waals surface area contributed by atoms with E-state index in [-0.39, 0.29) is 12.4 Å². The molecule has 1 rings (SSSR count). The number of nitrogens with zero attached hydrogens (tertiary/aromatic N) is 1. The SMILES string of the molecule is COC(=O)Cc1cc(C)on1. The smallest absolute Gasteiger partial charge is 0.311 e. The second-order valence-corrected chi connectivity index (χ2v) is 2.18. The second kappa shape index (κ2) is 3.18. The molecular weight excluding hydrogens is 146 g/mol. The van der Waals surface area contributed by atoms with Crippen LogP contribution in [-0.4, -0.2) is 18.2 Å². The highest BCUT2D eigenvalue weighted by atomic mass is 16.5. The predicted octanol–water partition coefficient (Wildman–Crippen LogP) is 0.699. The lowest BCUT2D eigenvalue weighted by Crippen LogP contribution is -2.04. The van der Waals surface area contributed by atoms with Crippen molar-refractivity contribution in [3.8, 4) is 0 Å². The summed E-state index contributed by atoms with van der Waals surface area (Å²) in [5.74, 6) is 0.391. The highest BCUT2D eigenvalue weighted by molar-refractivity contribution is 5.71. The number of rotatable bonds is 2. The van der Waals surface area contributed by atoms with Crippen molar-refractivity contribution in [2.45, 2.75) is 13.3 Å². The van der Waals surface area contributed by atoms with Crippen LogP contribution in [0.1, 0.15) is 11.5 Å². The van der Waals surface area contributed by atoms with E-state index in [1.54, 1.807) is 13.0 Å². The van der Waals surface area contributed by atoms with E-state index in [1.807, 2.05) is 0 Å². The van der Waals surface area contributed by atoms with Crippen LogP contribution in [0.3, 0.4) is 0 Å².